The van der Waals surface area contributed by atoms with Gasteiger partial charge in [-0.05, 0) is 30.9 Å². The number of hydrogen-bond donors (Lipinski definition) is 5. The number of rotatable bonds is 3. The first-order valence-electron chi connectivity index (χ1n) is 12.8. The molecule has 2 bridgehead atoms. The molecule has 3 aromatic rings. The first kappa shape index (κ1) is 26.8. The summed E-state index contributed by atoms with van der Waals surface area (Å²) in [6.07, 6.45) is 4.42. The van der Waals surface area contributed by atoms with E-state index in [1.165, 1.54) is 0 Å². The standard InChI is InChI=1S/C26H34N8O4/c1-15(2)23-26(38)29-16(3)24(36)28-13-18-14-34(33-32-18)10-6-9-22(35)30-21(25(37)31-23)11-17-12-27-20-8-5-4-7-19(17)20/h4-5,7-8,12,14-16,21,23,27H,6,9-11,13H2,1-3H3,(H,28,36)(H,29,38)(H,30,35)(H,31,37)/t16-,21-,23+/m1/s1. The van der Waals surface area contributed by atoms with E-state index in [1.807, 2.05) is 30.5 Å². The van der Waals surface area contributed by atoms with E-state index in [2.05, 4.69) is 36.6 Å². The summed E-state index contributed by atoms with van der Waals surface area (Å²) < 4.78 is 1.60. The van der Waals surface area contributed by atoms with Crippen molar-refractivity contribution < 1.29 is 19.2 Å². The molecule has 202 valence electrons. The van der Waals surface area contributed by atoms with E-state index in [-0.39, 0.29) is 37.1 Å². The van der Waals surface area contributed by atoms with Gasteiger partial charge < -0.3 is 26.3 Å². The smallest absolute Gasteiger partial charge is 0.243 e. The lowest BCUT2D eigenvalue weighted by Crippen LogP contribution is -2.58. The molecular formula is C26H34N8O4. The van der Waals surface area contributed by atoms with Crippen molar-refractivity contribution in [1.29, 1.82) is 0 Å². The van der Waals surface area contributed by atoms with Crippen LogP contribution >= 0.6 is 0 Å². The zero-order chi connectivity index (χ0) is 27.2. The molecule has 0 unspecified atom stereocenters. The summed E-state index contributed by atoms with van der Waals surface area (Å²) in [5, 5.41) is 20.1. The van der Waals surface area contributed by atoms with E-state index in [4.69, 9.17) is 0 Å². The second kappa shape index (κ2) is 11.9. The number of aromatic nitrogens is 4. The van der Waals surface area contributed by atoms with Crippen LogP contribution < -0.4 is 21.3 Å². The van der Waals surface area contributed by atoms with Crippen LogP contribution in [0.4, 0.5) is 0 Å². The summed E-state index contributed by atoms with van der Waals surface area (Å²) in [5.41, 5.74) is 2.36. The first-order chi connectivity index (χ1) is 18.2. The third-order valence-electron chi connectivity index (χ3n) is 6.57. The van der Waals surface area contributed by atoms with Crippen molar-refractivity contribution >= 4 is 34.5 Å². The molecule has 1 aliphatic heterocycles. The molecule has 0 radical (unpaired) electrons. The average Bonchev–Trinajstić information content (AvgIpc) is 3.51. The summed E-state index contributed by atoms with van der Waals surface area (Å²) >= 11 is 0. The molecule has 4 rings (SSSR count). The highest BCUT2D eigenvalue weighted by molar-refractivity contribution is 5.95. The van der Waals surface area contributed by atoms with Crippen LogP contribution in [-0.2, 0) is 38.7 Å². The molecule has 4 amide bonds. The molecule has 0 saturated heterocycles. The number of aryl methyl sites for hydroxylation is 1. The van der Waals surface area contributed by atoms with Gasteiger partial charge in [-0.15, -0.1) is 5.10 Å². The molecule has 12 nitrogen and oxygen atoms in total. The number of hydrogen-bond acceptors (Lipinski definition) is 6. The van der Waals surface area contributed by atoms with E-state index in [1.54, 1.807) is 31.6 Å². The lowest BCUT2D eigenvalue weighted by Gasteiger charge is -2.26. The monoisotopic (exact) mass is 522 g/mol. The van der Waals surface area contributed by atoms with Crippen molar-refractivity contribution in [2.75, 3.05) is 0 Å². The number of nitrogens with one attached hydrogen (secondary N) is 5. The van der Waals surface area contributed by atoms with Gasteiger partial charge in [0.2, 0.25) is 23.6 Å². The summed E-state index contributed by atoms with van der Waals surface area (Å²) in [6.45, 7) is 5.78. The minimum atomic E-state index is -0.909. The van der Waals surface area contributed by atoms with E-state index in [0.29, 0.717) is 18.7 Å². The second-order valence-corrected chi connectivity index (χ2v) is 9.94. The Morgan fingerprint density at radius 1 is 1.03 bits per heavy atom. The molecule has 38 heavy (non-hydrogen) atoms. The number of fused-ring (bicyclic) bond motifs is 3. The normalized spacial score (nSPS) is 22.3. The van der Waals surface area contributed by atoms with Gasteiger partial charge in [0.05, 0.1) is 12.7 Å². The quantitative estimate of drug-likeness (QED) is 0.337. The molecule has 0 spiro atoms. The minimum absolute atomic E-state index is 0.152. The Hall–Kier alpha value is -4.22. The van der Waals surface area contributed by atoms with Crippen molar-refractivity contribution in [2.45, 2.75) is 71.2 Å². The molecule has 0 saturated carbocycles. The van der Waals surface area contributed by atoms with Gasteiger partial charge in [-0.2, -0.15) is 0 Å². The molecular weight excluding hydrogens is 488 g/mol. The average molecular weight is 523 g/mol. The fourth-order valence-corrected chi connectivity index (χ4v) is 4.41. The number of para-hydroxylation sites is 1. The van der Waals surface area contributed by atoms with Gasteiger partial charge in [-0.25, -0.2) is 0 Å². The summed E-state index contributed by atoms with van der Waals surface area (Å²) in [4.78, 5) is 55.2. The Labute approximate surface area is 220 Å². The summed E-state index contributed by atoms with van der Waals surface area (Å²) in [7, 11) is 0. The number of benzene rings is 1. The Morgan fingerprint density at radius 2 is 1.82 bits per heavy atom. The Morgan fingerprint density at radius 3 is 2.61 bits per heavy atom. The van der Waals surface area contributed by atoms with E-state index >= 15 is 0 Å². The van der Waals surface area contributed by atoms with Crippen LogP contribution in [0.2, 0.25) is 0 Å². The van der Waals surface area contributed by atoms with Gasteiger partial charge in [0.15, 0.2) is 0 Å². The van der Waals surface area contributed by atoms with Gasteiger partial charge in [-0.1, -0.05) is 37.3 Å². The predicted octanol–water partition coefficient (Wildman–Crippen LogP) is 0.542. The molecule has 3 heterocycles. The van der Waals surface area contributed by atoms with E-state index < -0.39 is 29.9 Å². The maximum Gasteiger partial charge on any atom is 0.243 e. The second-order valence-electron chi connectivity index (χ2n) is 9.94. The van der Waals surface area contributed by atoms with Crippen LogP contribution in [0.15, 0.2) is 36.7 Å². The molecule has 5 N–H and O–H groups in total. The summed E-state index contributed by atoms with van der Waals surface area (Å²) in [6, 6.07) is 5.06. The first-order valence-corrected chi connectivity index (χ1v) is 12.8. The van der Waals surface area contributed by atoms with Crippen molar-refractivity contribution in [3.05, 3.63) is 47.9 Å². The molecule has 1 aliphatic rings. The highest BCUT2D eigenvalue weighted by Crippen LogP contribution is 2.19. The third kappa shape index (κ3) is 6.55. The number of H-pyrrole nitrogens is 1. The zero-order valence-electron chi connectivity index (χ0n) is 21.8. The summed E-state index contributed by atoms with van der Waals surface area (Å²) in [5.74, 6) is -1.89. The SMILES string of the molecule is CC(C)[C@@H]1NC(=O)[C@@H](Cc2c[nH]c3ccccc23)NC(=O)CCCn2cc(nn2)CNC(=O)[C@@H](C)NC1=O. The van der Waals surface area contributed by atoms with Crippen molar-refractivity contribution in [1.82, 2.24) is 41.2 Å². The van der Waals surface area contributed by atoms with Crippen molar-refractivity contribution in [3.63, 3.8) is 0 Å². The fourth-order valence-electron chi connectivity index (χ4n) is 4.41. The van der Waals surface area contributed by atoms with Gasteiger partial charge in [0, 0.05) is 36.5 Å². The van der Waals surface area contributed by atoms with Crippen molar-refractivity contribution in [2.24, 2.45) is 5.92 Å². The van der Waals surface area contributed by atoms with Gasteiger partial charge in [0.1, 0.15) is 23.8 Å². The van der Waals surface area contributed by atoms with Gasteiger partial charge in [-0.3, -0.25) is 23.9 Å². The Balaban J connectivity index is 1.59. The molecule has 1 aromatic carbocycles. The predicted molar refractivity (Wildman–Crippen MR) is 139 cm³/mol. The lowest BCUT2D eigenvalue weighted by molar-refractivity contribution is -0.134. The Bertz CT molecular complexity index is 1310. The van der Waals surface area contributed by atoms with Crippen LogP contribution in [0.5, 0.6) is 0 Å². The highest BCUT2D eigenvalue weighted by atomic mass is 16.2. The molecule has 0 fully saturated rings. The largest absolute Gasteiger partial charge is 0.361 e. The number of nitrogens with zero attached hydrogens (tertiary/aromatic N) is 3. The van der Waals surface area contributed by atoms with Crippen LogP contribution in [0, 0.1) is 5.92 Å². The van der Waals surface area contributed by atoms with E-state index in [9.17, 15) is 19.2 Å². The lowest BCUT2D eigenvalue weighted by atomic mass is 10.00. The molecule has 2 aromatic heterocycles. The fraction of sp³-hybridized carbons (Fsp3) is 0.462. The molecule has 12 heteroatoms. The minimum Gasteiger partial charge on any atom is -0.361 e. The van der Waals surface area contributed by atoms with Crippen LogP contribution in [-0.4, -0.2) is 61.7 Å². The van der Waals surface area contributed by atoms with E-state index in [0.717, 1.165) is 16.5 Å². The van der Waals surface area contributed by atoms with Crippen LogP contribution in [0.3, 0.4) is 0 Å². The topological polar surface area (TPSA) is 163 Å². The van der Waals surface area contributed by atoms with Crippen LogP contribution in [0.25, 0.3) is 10.9 Å². The number of carbonyl (C=O) groups is 4. The molecule has 3 atom stereocenters. The molecule has 0 aliphatic carbocycles. The van der Waals surface area contributed by atoms with Gasteiger partial charge >= 0.3 is 0 Å². The maximum absolute atomic E-state index is 13.5. The van der Waals surface area contributed by atoms with Crippen LogP contribution in [0.1, 0.15) is 44.9 Å². The third-order valence-corrected chi connectivity index (χ3v) is 6.57. The number of carbonyl (C=O) groups excluding carboxylic acids is 4. The highest BCUT2D eigenvalue weighted by Gasteiger charge is 2.31. The van der Waals surface area contributed by atoms with Crippen molar-refractivity contribution in [3.8, 4) is 0 Å². The zero-order valence-corrected chi connectivity index (χ0v) is 21.8. The number of amides is 4. The number of aromatic amines is 1. The maximum atomic E-state index is 13.5. The Kier molecular flexibility index (Phi) is 8.39. The van der Waals surface area contributed by atoms with Gasteiger partial charge in [0.25, 0.3) is 0 Å².